The summed E-state index contributed by atoms with van der Waals surface area (Å²) in [5.41, 5.74) is 1.03. The number of aryl methyl sites for hydroxylation is 1. The number of benzene rings is 1. The molecule has 0 bridgehead atoms. The first-order valence-corrected chi connectivity index (χ1v) is 8.21. The molecule has 0 aromatic heterocycles. The Kier molecular flexibility index (Phi) is 6.06. The molecule has 1 amide bonds. The van der Waals surface area contributed by atoms with E-state index in [9.17, 15) is 9.59 Å². The Hall–Kier alpha value is -2.24. The molecule has 0 aliphatic carbocycles. The summed E-state index contributed by atoms with van der Waals surface area (Å²) in [5, 5.41) is 9.15. The van der Waals surface area contributed by atoms with Crippen LogP contribution in [0.4, 0.5) is 0 Å². The monoisotopic (exact) mass is 335 g/mol. The molecule has 1 aromatic carbocycles. The van der Waals surface area contributed by atoms with E-state index >= 15 is 0 Å². The molecule has 24 heavy (non-hydrogen) atoms. The number of carboxylic acid groups (broad SMARTS) is 1. The van der Waals surface area contributed by atoms with Crippen LogP contribution in [0.15, 0.2) is 18.2 Å². The van der Waals surface area contributed by atoms with Crippen molar-refractivity contribution in [1.82, 2.24) is 4.90 Å². The van der Waals surface area contributed by atoms with Crippen LogP contribution in [-0.4, -0.2) is 48.7 Å². The average Bonchev–Trinajstić information content (AvgIpc) is 2.96. The number of carbonyl (C=O) groups excluding carboxylic acids is 1. The Morgan fingerprint density at radius 3 is 2.62 bits per heavy atom. The zero-order chi connectivity index (χ0) is 17.7. The molecule has 0 spiro atoms. The summed E-state index contributed by atoms with van der Waals surface area (Å²) < 4.78 is 10.5. The maximum atomic E-state index is 12.4. The fraction of sp³-hybridized carbons (Fsp3) is 0.556. The third kappa shape index (κ3) is 3.99. The van der Waals surface area contributed by atoms with Crippen LogP contribution in [0.3, 0.4) is 0 Å². The number of carbonyl (C=O) groups is 2. The van der Waals surface area contributed by atoms with E-state index in [2.05, 4.69) is 0 Å². The molecule has 2 atom stereocenters. The van der Waals surface area contributed by atoms with Gasteiger partial charge in [0.1, 0.15) is 11.5 Å². The predicted molar refractivity (Wildman–Crippen MR) is 89.4 cm³/mol. The van der Waals surface area contributed by atoms with E-state index < -0.39 is 11.9 Å². The van der Waals surface area contributed by atoms with Crippen molar-refractivity contribution in [2.45, 2.75) is 38.6 Å². The van der Waals surface area contributed by atoms with Crippen LogP contribution in [0.1, 0.15) is 31.7 Å². The number of ether oxygens (including phenoxy) is 2. The minimum absolute atomic E-state index is 0.0266. The van der Waals surface area contributed by atoms with E-state index in [1.165, 1.54) is 0 Å². The van der Waals surface area contributed by atoms with Gasteiger partial charge in [0.05, 0.1) is 20.1 Å². The Morgan fingerprint density at radius 2 is 2.04 bits per heavy atom. The molecule has 6 heteroatoms. The van der Waals surface area contributed by atoms with Crippen LogP contribution in [0.2, 0.25) is 0 Å². The first-order valence-electron chi connectivity index (χ1n) is 8.21. The van der Waals surface area contributed by atoms with E-state index in [4.69, 9.17) is 14.6 Å². The van der Waals surface area contributed by atoms with Crippen molar-refractivity contribution in [3.8, 4) is 11.5 Å². The molecule has 1 heterocycles. The SMILES string of the molecule is COc1ccc(CCCC(=O)N2CCC(C(=O)O)C2C)c(OC)c1. The number of hydrogen-bond acceptors (Lipinski definition) is 4. The molecular weight excluding hydrogens is 310 g/mol. The number of carboxylic acids is 1. The molecule has 1 aliphatic rings. The molecule has 2 unspecified atom stereocenters. The van der Waals surface area contributed by atoms with Gasteiger partial charge < -0.3 is 19.5 Å². The van der Waals surface area contributed by atoms with Gasteiger partial charge in [-0.1, -0.05) is 6.07 Å². The lowest BCUT2D eigenvalue weighted by Crippen LogP contribution is -2.37. The standard InChI is InChI=1S/C18H25NO5/c1-12-15(18(21)22)9-10-19(12)17(20)6-4-5-13-7-8-14(23-2)11-16(13)24-3/h7-8,11-12,15H,4-6,9-10H2,1-3H3,(H,21,22). The molecule has 1 aromatic rings. The maximum absolute atomic E-state index is 12.4. The summed E-state index contributed by atoms with van der Waals surface area (Å²) >= 11 is 0. The number of nitrogens with zero attached hydrogens (tertiary/aromatic N) is 1. The van der Waals surface area contributed by atoms with E-state index in [1.54, 1.807) is 19.1 Å². The number of rotatable bonds is 7. The van der Waals surface area contributed by atoms with Gasteiger partial charge in [0.2, 0.25) is 5.91 Å². The number of aliphatic carboxylic acids is 1. The summed E-state index contributed by atoms with van der Waals surface area (Å²) in [6, 6.07) is 5.42. The molecule has 1 fully saturated rings. The second-order valence-electron chi connectivity index (χ2n) is 6.09. The van der Waals surface area contributed by atoms with Crippen LogP contribution in [0, 0.1) is 5.92 Å². The molecule has 6 nitrogen and oxygen atoms in total. The summed E-state index contributed by atoms with van der Waals surface area (Å²) in [6.45, 7) is 2.35. The lowest BCUT2D eigenvalue weighted by atomic mass is 10.0. The zero-order valence-corrected chi connectivity index (χ0v) is 14.4. The number of methoxy groups -OCH3 is 2. The van der Waals surface area contributed by atoms with Gasteiger partial charge in [0.25, 0.3) is 0 Å². The fourth-order valence-corrected chi connectivity index (χ4v) is 3.25. The van der Waals surface area contributed by atoms with Crippen LogP contribution in [0.25, 0.3) is 0 Å². The highest BCUT2D eigenvalue weighted by atomic mass is 16.5. The van der Waals surface area contributed by atoms with Gasteiger partial charge in [-0.3, -0.25) is 9.59 Å². The van der Waals surface area contributed by atoms with Gasteiger partial charge in [0.15, 0.2) is 0 Å². The van der Waals surface area contributed by atoms with Crippen molar-refractivity contribution in [2.75, 3.05) is 20.8 Å². The van der Waals surface area contributed by atoms with Crippen LogP contribution in [0.5, 0.6) is 11.5 Å². The van der Waals surface area contributed by atoms with Crippen LogP contribution in [-0.2, 0) is 16.0 Å². The van der Waals surface area contributed by atoms with E-state index in [0.717, 1.165) is 23.5 Å². The normalized spacial score (nSPS) is 20.0. The largest absolute Gasteiger partial charge is 0.497 e. The first kappa shape index (κ1) is 18.1. The smallest absolute Gasteiger partial charge is 0.308 e. The summed E-state index contributed by atoms with van der Waals surface area (Å²) in [6.07, 6.45) is 2.37. The topological polar surface area (TPSA) is 76.1 Å². The number of likely N-dealkylation sites (tertiary alicyclic amines) is 1. The van der Waals surface area contributed by atoms with Crippen molar-refractivity contribution in [3.63, 3.8) is 0 Å². The Bertz CT molecular complexity index is 601. The van der Waals surface area contributed by atoms with Crippen molar-refractivity contribution >= 4 is 11.9 Å². The summed E-state index contributed by atoms with van der Waals surface area (Å²) in [5.74, 6) is 0.245. The lowest BCUT2D eigenvalue weighted by molar-refractivity contribution is -0.143. The van der Waals surface area contributed by atoms with E-state index in [1.807, 2.05) is 25.1 Å². The third-order valence-corrected chi connectivity index (χ3v) is 4.72. The van der Waals surface area contributed by atoms with Crippen molar-refractivity contribution in [3.05, 3.63) is 23.8 Å². The highest BCUT2D eigenvalue weighted by Gasteiger charge is 2.37. The van der Waals surface area contributed by atoms with Crippen molar-refractivity contribution in [2.24, 2.45) is 5.92 Å². The number of hydrogen-bond donors (Lipinski definition) is 1. The molecular formula is C18H25NO5. The zero-order valence-electron chi connectivity index (χ0n) is 14.4. The predicted octanol–water partition coefficient (Wildman–Crippen LogP) is 2.35. The van der Waals surface area contributed by atoms with Gasteiger partial charge in [-0.25, -0.2) is 0 Å². The number of amides is 1. The van der Waals surface area contributed by atoms with Gasteiger partial charge in [-0.2, -0.15) is 0 Å². The van der Waals surface area contributed by atoms with Crippen molar-refractivity contribution in [1.29, 1.82) is 0 Å². The van der Waals surface area contributed by atoms with Gasteiger partial charge in [0, 0.05) is 25.1 Å². The third-order valence-electron chi connectivity index (χ3n) is 4.72. The van der Waals surface area contributed by atoms with Crippen LogP contribution >= 0.6 is 0 Å². The molecule has 1 saturated heterocycles. The minimum atomic E-state index is -0.819. The quantitative estimate of drug-likeness (QED) is 0.828. The van der Waals surface area contributed by atoms with E-state index in [0.29, 0.717) is 25.8 Å². The van der Waals surface area contributed by atoms with Crippen molar-refractivity contribution < 1.29 is 24.2 Å². The second-order valence-corrected chi connectivity index (χ2v) is 6.09. The lowest BCUT2D eigenvalue weighted by Gasteiger charge is -2.23. The van der Waals surface area contributed by atoms with Gasteiger partial charge in [-0.05, 0) is 37.8 Å². The molecule has 0 saturated carbocycles. The molecule has 0 radical (unpaired) electrons. The summed E-state index contributed by atoms with van der Waals surface area (Å²) in [7, 11) is 3.22. The first-order chi connectivity index (χ1) is 11.5. The maximum Gasteiger partial charge on any atom is 0.308 e. The second kappa shape index (κ2) is 8.04. The van der Waals surface area contributed by atoms with Gasteiger partial charge in [-0.15, -0.1) is 0 Å². The van der Waals surface area contributed by atoms with Crippen LogP contribution < -0.4 is 9.47 Å². The highest BCUT2D eigenvalue weighted by Crippen LogP contribution is 2.27. The Balaban J connectivity index is 1.88. The Labute approximate surface area is 142 Å². The summed E-state index contributed by atoms with van der Waals surface area (Å²) in [4.78, 5) is 25.2. The fourth-order valence-electron chi connectivity index (χ4n) is 3.25. The molecule has 1 aliphatic heterocycles. The molecule has 1 N–H and O–H groups in total. The molecule has 132 valence electrons. The minimum Gasteiger partial charge on any atom is -0.497 e. The molecule has 2 rings (SSSR count). The average molecular weight is 335 g/mol. The van der Waals surface area contributed by atoms with E-state index in [-0.39, 0.29) is 11.9 Å². The van der Waals surface area contributed by atoms with Gasteiger partial charge >= 0.3 is 5.97 Å². The highest BCUT2D eigenvalue weighted by molar-refractivity contribution is 5.79. The Morgan fingerprint density at radius 1 is 1.29 bits per heavy atom.